The Hall–Kier alpha value is -2.42. The van der Waals surface area contributed by atoms with E-state index in [2.05, 4.69) is 37.9 Å². The predicted molar refractivity (Wildman–Crippen MR) is 92.4 cm³/mol. The summed E-state index contributed by atoms with van der Waals surface area (Å²) in [5, 5.41) is 0.632. The van der Waals surface area contributed by atoms with E-state index in [0.717, 1.165) is 16.8 Å². The van der Waals surface area contributed by atoms with Crippen molar-refractivity contribution in [2.45, 2.75) is 33.1 Å². The topological polar surface area (TPSA) is 32.9 Å². The number of hydrogen-bond acceptors (Lipinski definition) is 1. The molecule has 1 heterocycles. The van der Waals surface area contributed by atoms with E-state index in [1.807, 2.05) is 12.1 Å². The van der Waals surface area contributed by atoms with Crippen molar-refractivity contribution in [3.8, 4) is 11.3 Å². The highest BCUT2D eigenvalue weighted by Gasteiger charge is 2.18. The number of fused-ring (bicyclic) bond motifs is 1. The van der Waals surface area contributed by atoms with Crippen LogP contribution in [-0.4, -0.2) is 10.8 Å². The fourth-order valence-corrected chi connectivity index (χ4v) is 2.88. The van der Waals surface area contributed by atoms with Gasteiger partial charge in [0.05, 0.1) is 11.3 Å². The summed E-state index contributed by atoms with van der Waals surface area (Å²) in [7, 11) is 0. The second-order valence-corrected chi connectivity index (χ2v) is 6.95. The third-order valence-electron chi connectivity index (χ3n) is 4.15. The van der Waals surface area contributed by atoms with Crippen molar-refractivity contribution in [1.29, 1.82) is 0 Å². The van der Waals surface area contributed by atoms with Gasteiger partial charge in [0.25, 0.3) is 0 Å². The van der Waals surface area contributed by atoms with Gasteiger partial charge in [-0.3, -0.25) is 4.79 Å². The fourth-order valence-electron chi connectivity index (χ4n) is 2.88. The zero-order chi connectivity index (χ0) is 16.8. The molecule has 0 bridgehead atoms. The normalized spacial score (nSPS) is 11.9. The molecule has 0 amide bonds. The molecular formula is C20H20FNO. The molecule has 0 aliphatic heterocycles. The first-order valence-corrected chi connectivity index (χ1v) is 7.70. The largest absolute Gasteiger partial charge is 0.354 e. The van der Waals surface area contributed by atoms with Gasteiger partial charge in [0.15, 0.2) is 5.78 Å². The number of aromatic amines is 1. The predicted octanol–water partition coefficient (Wildman–Crippen LogP) is 5.47. The molecule has 118 valence electrons. The van der Waals surface area contributed by atoms with E-state index in [0.29, 0.717) is 10.9 Å². The molecule has 0 saturated heterocycles. The molecule has 0 radical (unpaired) electrons. The molecule has 0 spiro atoms. The number of rotatable bonds is 2. The number of nitrogens with one attached hydrogen (secondary N) is 1. The van der Waals surface area contributed by atoms with Gasteiger partial charge in [-0.05, 0) is 41.7 Å². The lowest BCUT2D eigenvalue weighted by atomic mass is 9.86. The molecule has 1 N–H and O–H groups in total. The maximum atomic E-state index is 13.6. The van der Waals surface area contributed by atoms with Crippen molar-refractivity contribution < 1.29 is 9.18 Å². The van der Waals surface area contributed by atoms with Crippen LogP contribution in [0, 0.1) is 5.82 Å². The lowest BCUT2D eigenvalue weighted by Crippen LogP contribution is -2.10. The Balaban J connectivity index is 2.19. The smallest absolute Gasteiger partial charge is 0.162 e. The lowest BCUT2D eigenvalue weighted by molar-refractivity contribution is 0.102. The van der Waals surface area contributed by atoms with E-state index in [1.54, 1.807) is 6.07 Å². The average molecular weight is 309 g/mol. The Kier molecular flexibility index (Phi) is 3.59. The zero-order valence-corrected chi connectivity index (χ0v) is 13.8. The number of hydrogen-bond donors (Lipinski definition) is 1. The first-order valence-electron chi connectivity index (χ1n) is 7.70. The van der Waals surface area contributed by atoms with E-state index < -0.39 is 0 Å². The van der Waals surface area contributed by atoms with E-state index in [1.165, 1.54) is 24.6 Å². The van der Waals surface area contributed by atoms with Crippen LogP contribution in [0.5, 0.6) is 0 Å². The molecule has 3 aromatic rings. The van der Waals surface area contributed by atoms with Gasteiger partial charge in [-0.25, -0.2) is 4.39 Å². The van der Waals surface area contributed by atoms with Crippen LogP contribution in [0.1, 0.15) is 43.6 Å². The minimum absolute atomic E-state index is 0.0725. The molecule has 1 aromatic heterocycles. The number of Topliss-reactive ketones (excluding diaryl/α,β-unsaturated/α-hetero) is 1. The van der Waals surface area contributed by atoms with Crippen LogP contribution in [0.4, 0.5) is 4.39 Å². The van der Waals surface area contributed by atoms with Crippen LogP contribution in [0.2, 0.25) is 0 Å². The number of ketones is 1. The molecule has 3 rings (SSSR count). The monoisotopic (exact) mass is 309 g/mol. The third-order valence-corrected chi connectivity index (χ3v) is 4.15. The summed E-state index contributed by atoms with van der Waals surface area (Å²) in [6.07, 6.45) is 0. The average Bonchev–Trinajstić information content (AvgIpc) is 2.85. The lowest BCUT2D eigenvalue weighted by Gasteiger charge is -2.19. The summed E-state index contributed by atoms with van der Waals surface area (Å²) in [6, 6.07) is 12.6. The summed E-state index contributed by atoms with van der Waals surface area (Å²) >= 11 is 0. The second-order valence-electron chi connectivity index (χ2n) is 6.95. The van der Waals surface area contributed by atoms with Crippen molar-refractivity contribution in [3.05, 3.63) is 59.4 Å². The molecule has 0 atom stereocenters. The second kappa shape index (κ2) is 5.34. The zero-order valence-electron chi connectivity index (χ0n) is 13.8. The van der Waals surface area contributed by atoms with Crippen molar-refractivity contribution in [3.63, 3.8) is 0 Å². The maximum absolute atomic E-state index is 13.6. The first kappa shape index (κ1) is 15.5. The van der Waals surface area contributed by atoms with Gasteiger partial charge in [0.2, 0.25) is 0 Å². The molecule has 2 nitrogen and oxygen atoms in total. The molecule has 2 aromatic carbocycles. The number of carbonyl (C=O) groups is 1. The summed E-state index contributed by atoms with van der Waals surface area (Å²) in [6.45, 7) is 8.00. The number of aromatic nitrogens is 1. The van der Waals surface area contributed by atoms with Gasteiger partial charge >= 0.3 is 0 Å². The molecule has 0 unspecified atom stereocenters. The molecule has 3 heteroatoms. The van der Waals surface area contributed by atoms with Crippen LogP contribution >= 0.6 is 0 Å². The molecule has 23 heavy (non-hydrogen) atoms. The van der Waals surface area contributed by atoms with E-state index in [-0.39, 0.29) is 17.0 Å². The number of benzene rings is 2. The van der Waals surface area contributed by atoms with Crippen LogP contribution in [0.3, 0.4) is 0 Å². The standard InChI is InChI=1S/C20H20FNO/c1-12(23)18-16-11-15(21)9-10-17(16)22-19(18)13-5-7-14(8-6-13)20(2,3)4/h5-11,22H,1-4H3. The SMILES string of the molecule is CC(=O)c1c(-c2ccc(C(C)(C)C)cc2)[nH]c2ccc(F)cc12. The van der Waals surface area contributed by atoms with Gasteiger partial charge in [-0.15, -0.1) is 0 Å². The molecule has 0 aliphatic carbocycles. The minimum Gasteiger partial charge on any atom is -0.354 e. The molecule has 0 fully saturated rings. The van der Waals surface area contributed by atoms with Crippen molar-refractivity contribution in [1.82, 2.24) is 4.98 Å². The summed E-state index contributed by atoms with van der Waals surface area (Å²) in [5.41, 5.74) is 4.30. The van der Waals surface area contributed by atoms with Gasteiger partial charge in [-0.1, -0.05) is 45.0 Å². The molecule has 0 saturated carbocycles. The highest BCUT2D eigenvalue weighted by molar-refractivity contribution is 6.12. The fraction of sp³-hybridized carbons (Fsp3) is 0.250. The Morgan fingerprint density at radius 1 is 1.04 bits per heavy atom. The van der Waals surface area contributed by atoms with Crippen molar-refractivity contribution in [2.24, 2.45) is 0 Å². The Labute approximate surface area is 135 Å². The van der Waals surface area contributed by atoms with E-state index in [4.69, 9.17) is 0 Å². The van der Waals surface area contributed by atoms with Crippen molar-refractivity contribution >= 4 is 16.7 Å². The van der Waals surface area contributed by atoms with Gasteiger partial charge < -0.3 is 4.98 Å². The number of H-pyrrole nitrogens is 1. The van der Waals surface area contributed by atoms with E-state index in [9.17, 15) is 9.18 Å². The quantitative estimate of drug-likeness (QED) is 0.625. The van der Waals surface area contributed by atoms with Crippen LogP contribution < -0.4 is 0 Å². The van der Waals surface area contributed by atoms with Gasteiger partial charge in [0.1, 0.15) is 5.82 Å². The van der Waals surface area contributed by atoms with Crippen LogP contribution in [0.15, 0.2) is 42.5 Å². The van der Waals surface area contributed by atoms with Crippen LogP contribution in [-0.2, 0) is 5.41 Å². The van der Waals surface area contributed by atoms with Crippen molar-refractivity contribution in [2.75, 3.05) is 0 Å². The number of halogens is 1. The highest BCUT2D eigenvalue weighted by atomic mass is 19.1. The molecule has 0 aliphatic rings. The summed E-state index contributed by atoms with van der Waals surface area (Å²) < 4.78 is 13.6. The summed E-state index contributed by atoms with van der Waals surface area (Å²) in [4.78, 5) is 15.4. The third kappa shape index (κ3) is 2.79. The first-order chi connectivity index (χ1) is 10.8. The van der Waals surface area contributed by atoms with E-state index >= 15 is 0 Å². The maximum Gasteiger partial charge on any atom is 0.162 e. The Morgan fingerprint density at radius 2 is 1.70 bits per heavy atom. The minimum atomic E-state index is -0.339. The molecular weight excluding hydrogens is 289 g/mol. The van der Waals surface area contributed by atoms with Gasteiger partial charge in [0, 0.05) is 10.9 Å². The Morgan fingerprint density at radius 3 is 2.26 bits per heavy atom. The number of carbonyl (C=O) groups excluding carboxylic acids is 1. The summed E-state index contributed by atoms with van der Waals surface area (Å²) in [5.74, 6) is -0.412. The Bertz CT molecular complexity index is 882. The highest BCUT2D eigenvalue weighted by Crippen LogP contribution is 2.32. The van der Waals surface area contributed by atoms with Gasteiger partial charge in [-0.2, -0.15) is 0 Å². The van der Waals surface area contributed by atoms with Crippen LogP contribution in [0.25, 0.3) is 22.2 Å².